The molecule has 0 bridgehead atoms. The lowest BCUT2D eigenvalue weighted by Gasteiger charge is -2.24. The van der Waals surface area contributed by atoms with Crippen LogP contribution in [0.2, 0.25) is 0 Å². The average molecular weight is 385 g/mol. The van der Waals surface area contributed by atoms with Crippen LogP contribution in [0.4, 0.5) is 23.7 Å². The van der Waals surface area contributed by atoms with Crippen molar-refractivity contribution in [1.29, 1.82) is 0 Å². The second-order valence-electron chi connectivity index (χ2n) is 6.77. The zero-order valence-corrected chi connectivity index (χ0v) is 15.4. The Morgan fingerprint density at radius 2 is 1.89 bits per heavy atom. The van der Waals surface area contributed by atoms with E-state index in [1.54, 1.807) is 12.1 Å². The van der Waals surface area contributed by atoms with Crippen LogP contribution in [0.5, 0.6) is 0 Å². The van der Waals surface area contributed by atoms with E-state index in [1.807, 2.05) is 17.4 Å². The summed E-state index contributed by atoms with van der Waals surface area (Å²) in [7, 11) is 0. The highest BCUT2D eigenvalue weighted by Crippen LogP contribution is 2.20. The van der Waals surface area contributed by atoms with Crippen LogP contribution in [0, 0.1) is 0 Å². The predicted molar refractivity (Wildman–Crippen MR) is 97.5 cm³/mol. The molecule has 1 unspecified atom stereocenters. The summed E-state index contributed by atoms with van der Waals surface area (Å²) < 4.78 is 36.8. The minimum absolute atomic E-state index is 0.338. The first-order valence-corrected chi connectivity index (χ1v) is 9.31. The number of halogens is 3. The molecule has 1 atom stereocenters. The van der Waals surface area contributed by atoms with Crippen molar-refractivity contribution in [2.75, 3.05) is 18.4 Å². The second-order valence-corrected chi connectivity index (χ2v) is 6.77. The number of alkyl halides is 3. The molecule has 1 heterocycles. The molecule has 0 saturated carbocycles. The number of hydrogen-bond acceptors (Lipinski definition) is 2. The van der Waals surface area contributed by atoms with Crippen molar-refractivity contribution in [3.8, 4) is 0 Å². The van der Waals surface area contributed by atoms with Gasteiger partial charge in [-0.05, 0) is 43.4 Å². The lowest BCUT2D eigenvalue weighted by Crippen LogP contribution is -2.49. The van der Waals surface area contributed by atoms with Gasteiger partial charge in [0.1, 0.15) is 12.6 Å². The molecule has 2 rings (SSSR count). The van der Waals surface area contributed by atoms with Gasteiger partial charge in [-0.1, -0.05) is 31.9 Å². The predicted octanol–water partition coefficient (Wildman–Crippen LogP) is 4.09. The first-order chi connectivity index (χ1) is 12.8. The van der Waals surface area contributed by atoms with Gasteiger partial charge in [-0.2, -0.15) is 13.2 Å². The molecule has 1 saturated heterocycles. The summed E-state index contributed by atoms with van der Waals surface area (Å²) in [6, 6.07) is 6.15. The Kier molecular flexibility index (Phi) is 7.50. The van der Waals surface area contributed by atoms with E-state index in [2.05, 4.69) is 12.2 Å². The third-order valence-electron chi connectivity index (χ3n) is 4.55. The van der Waals surface area contributed by atoms with E-state index in [1.165, 1.54) is 16.9 Å². The minimum Gasteiger partial charge on any atom is -0.345 e. The van der Waals surface area contributed by atoms with Crippen molar-refractivity contribution in [2.24, 2.45) is 0 Å². The van der Waals surface area contributed by atoms with Gasteiger partial charge in [0.05, 0.1) is 0 Å². The number of hydrogen-bond donors (Lipinski definition) is 2. The number of anilines is 1. The summed E-state index contributed by atoms with van der Waals surface area (Å²) in [6.45, 7) is 1.09. The fourth-order valence-corrected chi connectivity index (χ4v) is 3.12. The quantitative estimate of drug-likeness (QED) is 0.695. The molecule has 3 amide bonds. The highest BCUT2D eigenvalue weighted by molar-refractivity contribution is 5.94. The van der Waals surface area contributed by atoms with Crippen LogP contribution in [0.1, 0.15) is 44.6 Å². The third kappa shape index (κ3) is 6.77. The lowest BCUT2D eigenvalue weighted by atomic mass is 10.1. The number of rotatable bonds is 7. The summed E-state index contributed by atoms with van der Waals surface area (Å²) >= 11 is 0. The molecule has 27 heavy (non-hydrogen) atoms. The fraction of sp³-hybridized carbons (Fsp3) is 0.579. The third-order valence-corrected chi connectivity index (χ3v) is 4.55. The van der Waals surface area contributed by atoms with Gasteiger partial charge >= 0.3 is 12.2 Å². The van der Waals surface area contributed by atoms with Crippen LogP contribution < -0.4 is 10.6 Å². The molecule has 150 valence electrons. The smallest absolute Gasteiger partial charge is 0.345 e. The number of amides is 3. The molecular weight excluding hydrogens is 359 g/mol. The number of urea groups is 1. The van der Waals surface area contributed by atoms with E-state index < -0.39 is 30.7 Å². The van der Waals surface area contributed by atoms with Crippen LogP contribution in [0.3, 0.4) is 0 Å². The zero-order chi connectivity index (χ0) is 19.9. The van der Waals surface area contributed by atoms with Gasteiger partial charge in [0.15, 0.2) is 0 Å². The van der Waals surface area contributed by atoms with Crippen molar-refractivity contribution < 1.29 is 22.8 Å². The molecule has 1 aliphatic rings. The Labute approximate surface area is 157 Å². The van der Waals surface area contributed by atoms with Crippen LogP contribution in [0.25, 0.3) is 0 Å². The number of carbonyl (C=O) groups is 2. The van der Waals surface area contributed by atoms with E-state index in [0.717, 1.165) is 19.3 Å². The molecule has 0 spiro atoms. The maximum Gasteiger partial charge on any atom is 0.405 e. The van der Waals surface area contributed by atoms with Gasteiger partial charge < -0.3 is 15.5 Å². The largest absolute Gasteiger partial charge is 0.405 e. The first kappa shape index (κ1) is 21.1. The van der Waals surface area contributed by atoms with Crippen LogP contribution in [0.15, 0.2) is 24.3 Å². The zero-order valence-electron chi connectivity index (χ0n) is 15.4. The summed E-state index contributed by atoms with van der Waals surface area (Å²) in [4.78, 5) is 25.7. The number of unbranched alkanes of at least 4 members (excludes halogenated alkanes) is 2. The van der Waals surface area contributed by atoms with E-state index in [0.29, 0.717) is 25.1 Å². The molecule has 8 heteroatoms. The maximum atomic E-state index is 12.4. The Bertz CT molecular complexity index is 632. The van der Waals surface area contributed by atoms with Gasteiger partial charge in [0, 0.05) is 12.2 Å². The molecule has 0 aromatic heterocycles. The van der Waals surface area contributed by atoms with Gasteiger partial charge in [-0.3, -0.25) is 4.79 Å². The Hall–Kier alpha value is -2.25. The van der Waals surface area contributed by atoms with Crippen molar-refractivity contribution in [2.45, 2.75) is 57.7 Å². The van der Waals surface area contributed by atoms with Crippen molar-refractivity contribution in [3.05, 3.63) is 29.8 Å². The SMILES string of the molecule is CCCCCc1ccc(NC(=O)N2CCCC2C(=O)NCC(F)(F)F)cc1. The summed E-state index contributed by atoms with van der Waals surface area (Å²) in [5, 5.41) is 4.58. The van der Waals surface area contributed by atoms with Gasteiger partial charge in [-0.15, -0.1) is 0 Å². The van der Waals surface area contributed by atoms with Crippen LogP contribution in [-0.2, 0) is 11.2 Å². The molecule has 0 radical (unpaired) electrons. The number of nitrogens with one attached hydrogen (secondary N) is 2. The van der Waals surface area contributed by atoms with Gasteiger partial charge in [0.2, 0.25) is 5.91 Å². The number of likely N-dealkylation sites (tertiary alicyclic amines) is 1. The summed E-state index contributed by atoms with van der Waals surface area (Å²) in [5.74, 6) is -0.772. The van der Waals surface area contributed by atoms with E-state index in [4.69, 9.17) is 0 Å². The minimum atomic E-state index is -4.47. The average Bonchev–Trinajstić information content (AvgIpc) is 3.11. The van der Waals surface area contributed by atoms with Crippen LogP contribution in [-0.4, -0.2) is 42.1 Å². The van der Waals surface area contributed by atoms with Gasteiger partial charge in [0.25, 0.3) is 0 Å². The summed E-state index contributed by atoms with van der Waals surface area (Å²) in [6.07, 6.45) is 0.884. The lowest BCUT2D eigenvalue weighted by molar-refractivity contribution is -0.140. The van der Waals surface area contributed by atoms with E-state index in [9.17, 15) is 22.8 Å². The monoisotopic (exact) mass is 385 g/mol. The second kappa shape index (κ2) is 9.62. The normalized spacial score (nSPS) is 17.0. The maximum absolute atomic E-state index is 12.4. The molecule has 1 aliphatic heterocycles. The molecule has 2 N–H and O–H groups in total. The topological polar surface area (TPSA) is 61.4 Å². The van der Waals surface area contributed by atoms with Crippen molar-refractivity contribution in [3.63, 3.8) is 0 Å². The Morgan fingerprint density at radius 3 is 2.52 bits per heavy atom. The number of benzene rings is 1. The molecule has 1 fully saturated rings. The van der Waals surface area contributed by atoms with Crippen molar-refractivity contribution >= 4 is 17.6 Å². The van der Waals surface area contributed by atoms with Gasteiger partial charge in [-0.25, -0.2) is 4.79 Å². The highest BCUT2D eigenvalue weighted by Gasteiger charge is 2.36. The Balaban J connectivity index is 1.89. The van der Waals surface area contributed by atoms with E-state index >= 15 is 0 Å². The number of nitrogens with zero attached hydrogens (tertiary/aromatic N) is 1. The van der Waals surface area contributed by atoms with E-state index in [-0.39, 0.29) is 0 Å². The Morgan fingerprint density at radius 1 is 1.19 bits per heavy atom. The standard InChI is InChI=1S/C19H26F3N3O2/c1-2-3-4-6-14-8-10-15(11-9-14)24-18(27)25-12-5-7-16(25)17(26)23-13-19(20,21)22/h8-11,16H,2-7,12-13H2,1H3,(H,23,26)(H,24,27). The molecule has 1 aromatic rings. The number of carbonyl (C=O) groups excluding carboxylic acids is 2. The first-order valence-electron chi connectivity index (χ1n) is 9.31. The summed E-state index contributed by atoms with van der Waals surface area (Å²) in [5.41, 5.74) is 1.78. The highest BCUT2D eigenvalue weighted by atomic mass is 19.4. The molecule has 5 nitrogen and oxygen atoms in total. The molecular formula is C19H26F3N3O2. The van der Waals surface area contributed by atoms with Crippen LogP contribution >= 0.6 is 0 Å². The molecule has 0 aliphatic carbocycles. The number of aryl methyl sites for hydroxylation is 1. The molecule has 1 aromatic carbocycles. The van der Waals surface area contributed by atoms with Crippen molar-refractivity contribution in [1.82, 2.24) is 10.2 Å². The fourth-order valence-electron chi connectivity index (χ4n) is 3.12.